The standard InChI is InChI=1S/C23H32N2O5S/c1-24(17-8-4-3-5-9-17)31(28,29)21-14-16(12-13-20(21)30-2)15-25-22(26)18-10-6-7-11-19(18)23(25)27/h12-14,17-19H,3-11,15H2,1-2H3/t18-,19-/m1/s1. The molecule has 0 spiro atoms. The zero-order valence-electron chi connectivity index (χ0n) is 18.4. The van der Waals surface area contributed by atoms with Crippen molar-refractivity contribution < 1.29 is 22.7 Å². The molecule has 31 heavy (non-hydrogen) atoms. The number of hydrogen-bond donors (Lipinski definition) is 0. The average molecular weight is 449 g/mol. The summed E-state index contributed by atoms with van der Waals surface area (Å²) >= 11 is 0. The van der Waals surface area contributed by atoms with E-state index < -0.39 is 10.0 Å². The Labute approximate surface area is 184 Å². The van der Waals surface area contributed by atoms with E-state index in [9.17, 15) is 18.0 Å². The van der Waals surface area contributed by atoms with Gasteiger partial charge in [-0.3, -0.25) is 14.5 Å². The Balaban J connectivity index is 1.60. The van der Waals surface area contributed by atoms with Crippen LogP contribution in [-0.2, 0) is 26.2 Å². The first kappa shape index (κ1) is 22.3. The van der Waals surface area contributed by atoms with Crippen LogP contribution in [0.5, 0.6) is 5.75 Å². The summed E-state index contributed by atoms with van der Waals surface area (Å²) in [7, 11) is -0.680. The van der Waals surface area contributed by atoms with Gasteiger partial charge in [0.05, 0.1) is 25.5 Å². The Morgan fingerprint density at radius 2 is 1.55 bits per heavy atom. The molecule has 7 nitrogen and oxygen atoms in total. The Hall–Kier alpha value is -1.93. The lowest BCUT2D eigenvalue weighted by Crippen LogP contribution is -2.38. The zero-order chi connectivity index (χ0) is 22.2. The van der Waals surface area contributed by atoms with E-state index in [0.717, 1.165) is 57.8 Å². The molecule has 1 saturated heterocycles. The quantitative estimate of drug-likeness (QED) is 0.624. The van der Waals surface area contributed by atoms with Gasteiger partial charge in [0.15, 0.2) is 0 Å². The first-order chi connectivity index (χ1) is 14.8. The number of sulfonamides is 1. The predicted molar refractivity (Wildman–Crippen MR) is 116 cm³/mol. The highest BCUT2D eigenvalue weighted by Crippen LogP contribution is 2.39. The van der Waals surface area contributed by atoms with Gasteiger partial charge in [-0.1, -0.05) is 38.2 Å². The number of benzene rings is 1. The summed E-state index contributed by atoms with van der Waals surface area (Å²) in [5.74, 6) is -0.372. The highest BCUT2D eigenvalue weighted by molar-refractivity contribution is 7.89. The van der Waals surface area contributed by atoms with E-state index in [-0.39, 0.29) is 46.9 Å². The summed E-state index contributed by atoms with van der Waals surface area (Å²) < 4.78 is 33.7. The average Bonchev–Trinajstić information content (AvgIpc) is 3.04. The number of nitrogens with zero attached hydrogens (tertiary/aromatic N) is 2. The molecule has 0 aromatic heterocycles. The maximum atomic E-state index is 13.4. The predicted octanol–water partition coefficient (Wildman–Crippen LogP) is 3.32. The van der Waals surface area contributed by atoms with Gasteiger partial charge in [0.2, 0.25) is 21.8 Å². The molecule has 0 bridgehead atoms. The zero-order valence-corrected chi connectivity index (χ0v) is 19.2. The Kier molecular flexibility index (Phi) is 6.40. The van der Waals surface area contributed by atoms with Crippen LogP contribution in [0.15, 0.2) is 23.1 Å². The summed E-state index contributed by atoms with van der Waals surface area (Å²) in [6.07, 6.45) is 8.41. The van der Waals surface area contributed by atoms with Crippen LogP contribution in [0.4, 0.5) is 0 Å². The molecule has 1 aromatic rings. The van der Waals surface area contributed by atoms with Gasteiger partial charge in [-0.2, -0.15) is 4.31 Å². The lowest BCUT2D eigenvalue weighted by atomic mass is 9.81. The first-order valence-corrected chi connectivity index (χ1v) is 12.8. The largest absolute Gasteiger partial charge is 0.495 e. The maximum Gasteiger partial charge on any atom is 0.246 e. The molecule has 3 fully saturated rings. The van der Waals surface area contributed by atoms with Crippen molar-refractivity contribution in [2.75, 3.05) is 14.2 Å². The van der Waals surface area contributed by atoms with Crippen LogP contribution in [0.3, 0.4) is 0 Å². The third-order valence-electron chi connectivity index (χ3n) is 7.25. The van der Waals surface area contributed by atoms with Crippen LogP contribution in [0.25, 0.3) is 0 Å². The fraction of sp³-hybridized carbons (Fsp3) is 0.652. The van der Waals surface area contributed by atoms with Gasteiger partial charge >= 0.3 is 0 Å². The summed E-state index contributed by atoms with van der Waals surface area (Å²) in [5, 5.41) is 0. The van der Waals surface area contributed by atoms with Crippen LogP contribution in [-0.4, -0.2) is 49.6 Å². The molecule has 0 unspecified atom stereocenters. The van der Waals surface area contributed by atoms with Crippen molar-refractivity contribution in [2.45, 2.75) is 75.3 Å². The number of likely N-dealkylation sites (tertiary alicyclic amines) is 1. The SMILES string of the molecule is COc1ccc(CN2C(=O)[C@@H]3CCCC[C@H]3C2=O)cc1S(=O)(=O)N(C)C1CCCCC1. The highest BCUT2D eigenvalue weighted by Gasteiger charge is 2.48. The van der Waals surface area contributed by atoms with Gasteiger partial charge in [0, 0.05) is 13.1 Å². The number of ether oxygens (including phenoxy) is 1. The van der Waals surface area contributed by atoms with Gasteiger partial charge in [-0.15, -0.1) is 0 Å². The third-order valence-corrected chi connectivity index (χ3v) is 9.18. The first-order valence-electron chi connectivity index (χ1n) is 11.3. The summed E-state index contributed by atoms with van der Waals surface area (Å²) in [6.45, 7) is 0.102. The fourth-order valence-corrected chi connectivity index (χ4v) is 7.01. The van der Waals surface area contributed by atoms with Crippen molar-refractivity contribution in [1.29, 1.82) is 0 Å². The van der Waals surface area contributed by atoms with Gasteiger partial charge < -0.3 is 4.74 Å². The third kappa shape index (κ3) is 4.12. The molecule has 2 saturated carbocycles. The van der Waals surface area contributed by atoms with Crippen molar-refractivity contribution in [3.63, 3.8) is 0 Å². The lowest BCUT2D eigenvalue weighted by Gasteiger charge is -2.31. The summed E-state index contributed by atoms with van der Waals surface area (Å²) in [6, 6.07) is 4.91. The smallest absolute Gasteiger partial charge is 0.246 e. The Morgan fingerprint density at radius 3 is 2.13 bits per heavy atom. The van der Waals surface area contributed by atoms with Gasteiger partial charge in [0.1, 0.15) is 10.6 Å². The number of imide groups is 1. The van der Waals surface area contributed by atoms with E-state index in [0.29, 0.717) is 5.56 Å². The number of carbonyl (C=O) groups excluding carboxylic acids is 2. The second-order valence-corrected chi connectivity index (χ2v) is 11.0. The van der Waals surface area contributed by atoms with E-state index in [1.165, 1.54) is 16.3 Å². The molecular weight excluding hydrogens is 416 g/mol. The molecule has 0 radical (unpaired) electrons. The minimum atomic E-state index is -3.77. The summed E-state index contributed by atoms with van der Waals surface area (Å²) in [5.41, 5.74) is 0.622. The number of rotatable bonds is 6. The van der Waals surface area contributed by atoms with Crippen molar-refractivity contribution in [1.82, 2.24) is 9.21 Å². The van der Waals surface area contributed by atoms with Crippen molar-refractivity contribution in [3.05, 3.63) is 23.8 Å². The minimum absolute atomic E-state index is 0.0167. The Morgan fingerprint density at radius 1 is 0.968 bits per heavy atom. The lowest BCUT2D eigenvalue weighted by molar-refractivity contribution is -0.140. The van der Waals surface area contributed by atoms with Crippen LogP contribution < -0.4 is 4.74 Å². The fourth-order valence-electron chi connectivity index (χ4n) is 5.39. The molecule has 2 atom stereocenters. The highest BCUT2D eigenvalue weighted by atomic mass is 32.2. The van der Waals surface area contributed by atoms with E-state index in [1.807, 2.05) is 0 Å². The molecule has 2 amide bonds. The number of methoxy groups -OCH3 is 1. The van der Waals surface area contributed by atoms with E-state index in [2.05, 4.69) is 0 Å². The Bertz CT molecular complexity index is 931. The molecule has 2 aliphatic carbocycles. The molecular formula is C23H32N2O5S. The van der Waals surface area contributed by atoms with E-state index >= 15 is 0 Å². The van der Waals surface area contributed by atoms with Gasteiger partial charge in [0.25, 0.3) is 0 Å². The monoisotopic (exact) mass is 448 g/mol. The van der Waals surface area contributed by atoms with Crippen molar-refractivity contribution in [2.24, 2.45) is 11.8 Å². The number of carbonyl (C=O) groups is 2. The maximum absolute atomic E-state index is 13.4. The molecule has 4 rings (SSSR count). The molecule has 170 valence electrons. The van der Waals surface area contributed by atoms with Crippen LogP contribution in [0, 0.1) is 11.8 Å². The summed E-state index contributed by atoms with van der Waals surface area (Å²) in [4.78, 5) is 27.1. The van der Waals surface area contributed by atoms with Gasteiger partial charge in [-0.25, -0.2) is 8.42 Å². The number of amides is 2. The van der Waals surface area contributed by atoms with Crippen molar-refractivity contribution >= 4 is 21.8 Å². The molecule has 1 heterocycles. The van der Waals surface area contributed by atoms with E-state index in [1.54, 1.807) is 25.2 Å². The molecule has 8 heteroatoms. The van der Waals surface area contributed by atoms with Crippen LogP contribution >= 0.6 is 0 Å². The molecule has 1 aromatic carbocycles. The van der Waals surface area contributed by atoms with E-state index in [4.69, 9.17) is 4.74 Å². The number of fused-ring (bicyclic) bond motifs is 1. The van der Waals surface area contributed by atoms with Crippen LogP contribution in [0.1, 0.15) is 63.4 Å². The normalized spacial score (nSPS) is 25.2. The molecule has 3 aliphatic rings. The second kappa shape index (κ2) is 8.90. The topological polar surface area (TPSA) is 84.0 Å². The van der Waals surface area contributed by atoms with Gasteiger partial charge in [-0.05, 0) is 43.4 Å². The van der Waals surface area contributed by atoms with Crippen molar-refractivity contribution in [3.8, 4) is 5.75 Å². The molecule has 0 N–H and O–H groups in total. The second-order valence-electron chi connectivity index (χ2n) is 9.06. The number of hydrogen-bond acceptors (Lipinski definition) is 5. The minimum Gasteiger partial charge on any atom is -0.495 e. The molecule has 1 aliphatic heterocycles. The van der Waals surface area contributed by atoms with Crippen LogP contribution in [0.2, 0.25) is 0 Å².